The summed E-state index contributed by atoms with van der Waals surface area (Å²) in [4.78, 5) is 23.2. The van der Waals surface area contributed by atoms with E-state index in [9.17, 15) is 14.9 Å². The van der Waals surface area contributed by atoms with Gasteiger partial charge in [-0.2, -0.15) is 0 Å². The number of nitrogens with zero attached hydrogens (tertiary/aromatic N) is 2. The fraction of sp³-hybridized carbons (Fsp3) is 0.462. The van der Waals surface area contributed by atoms with Gasteiger partial charge in [0.05, 0.1) is 10.3 Å². The summed E-state index contributed by atoms with van der Waals surface area (Å²) in [5, 5.41) is 19.4. The third-order valence-electron chi connectivity index (χ3n) is 3.49. The van der Waals surface area contributed by atoms with Crippen molar-refractivity contribution in [1.82, 2.24) is 4.90 Å². The highest BCUT2D eigenvalue weighted by Crippen LogP contribution is 2.28. The first kappa shape index (κ1) is 14.7. The second-order valence-corrected chi connectivity index (χ2v) is 5.34. The lowest BCUT2D eigenvalue weighted by atomic mass is 10.1. The van der Waals surface area contributed by atoms with Crippen LogP contribution < -0.4 is 0 Å². The fourth-order valence-corrected chi connectivity index (χ4v) is 2.78. The number of halogens is 1. The lowest BCUT2D eigenvalue weighted by Crippen LogP contribution is -2.37. The summed E-state index contributed by atoms with van der Waals surface area (Å²) >= 11 is 6.28. The zero-order valence-electron chi connectivity index (χ0n) is 10.7. The monoisotopic (exact) mass is 298 g/mol. The molecule has 1 aromatic rings. The molecule has 6 nitrogen and oxygen atoms in total. The minimum atomic E-state index is -0.842. The molecule has 1 N–H and O–H groups in total. The molecule has 0 spiro atoms. The number of carboxylic acid groups (broad SMARTS) is 1. The number of alkyl halides is 1. The van der Waals surface area contributed by atoms with Crippen LogP contribution in [0.5, 0.6) is 0 Å². The van der Waals surface area contributed by atoms with Crippen LogP contribution in [-0.4, -0.2) is 40.0 Å². The van der Waals surface area contributed by atoms with Gasteiger partial charge in [0.25, 0.3) is 5.69 Å². The van der Waals surface area contributed by atoms with Gasteiger partial charge in [-0.1, -0.05) is 12.1 Å². The predicted molar refractivity (Wildman–Crippen MR) is 73.9 cm³/mol. The Balaban J connectivity index is 2.08. The molecular formula is C13H15ClN2O4. The number of benzene rings is 1. The Morgan fingerprint density at radius 2 is 2.35 bits per heavy atom. The molecule has 1 saturated heterocycles. The number of hydrogen-bond acceptors (Lipinski definition) is 4. The number of non-ortho nitro benzene ring substituents is 1. The smallest absolute Gasteiger partial charge is 0.320 e. The third-order valence-corrected chi connectivity index (χ3v) is 3.88. The van der Waals surface area contributed by atoms with E-state index in [2.05, 4.69) is 0 Å². The third kappa shape index (κ3) is 3.26. The van der Waals surface area contributed by atoms with E-state index in [0.717, 1.165) is 6.42 Å². The fourth-order valence-electron chi connectivity index (χ4n) is 2.47. The molecule has 0 bridgehead atoms. The lowest BCUT2D eigenvalue weighted by Gasteiger charge is -2.23. The van der Waals surface area contributed by atoms with E-state index >= 15 is 0 Å². The number of nitro groups is 1. The van der Waals surface area contributed by atoms with Gasteiger partial charge in [-0.25, -0.2) is 0 Å². The van der Waals surface area contributed by atoms with Crippen LogP contribution >= 0.6 is 11.6 Å². The number of likely N-dealkylation sites (tertiary alicyclic amines) is 1. The van der Waals surface area contributed by atoms with Crippen molar-refractivity contribution in [2.24, 2.45) is 0 Å². The van der Waals surface area contributed by atoms with Gasteiger partial charge in [-0.05, 0) is 24.9 Å². The molecule has 1 aliphatic rings. The van der Waals surface area contributed by atoms with Gasteiger partial charge in [0.15, 0.2) is 0 Å². The highest BCUT2D eigenvalue weighted by molar-refractivity contribution is 6.21. The molecule has 0 aromatic heterocycles. The summed E-state index contributed by atoms with van der Waals surface area (Å²) in [5.74, 6) is -0.842. The van der Waals surface area contributed by atoms with Crippen LogP contribution in [0.2, 0.25) is 0 Å². The maximum absolute atomic E-state index is 11.1. The van der Waals surface area contributed by atoms with Crippen molar-refractivity contribution in [3.63, 3.8) is 0 Å². The van der Waals surface area contributed by atoms with Crippen molar-refractivity contribution < 1.29 is 14.8 Å². The SMILES string of the molecule is O=C(O)C1CCCN1CC(Cl)c1cccc([N+](=O)[O-])c1. The summed E-state index contributed by atoms with van der Waals surface area (Å²) < 4.78 is 0. The van der Waals surface area contributed by atoms with E-state index in [0.29, 0.717) is 25.1 Å². The first-order chi connectivity index (χ1) is 9.49. The van der Waals surface area contributed by atoms with Crippen LogP contribution in [0, 0.1) is 10.1 Å². The highest BCUT2D eigenvalue weighted by atomic mass is 35.5. The Labute approximate surface area is 121 Å². The maximum atomic E-state index is 11.1. The zero-order valence-corrected chi connectivity index (χ0v) is 11.5. The molecule has 7 heteroatoms. The Hall–Kier alpha value is -1.66. The van der Waals surface area contributed by atoms with E-state index < -0.39 is 22.3 Å². The van der Waals surface area contributed by atoms with E-state index in [-0.39, 0.29) is 5.69 Å². The first-order valence-electron chi connectivity index (χ1n) is 6.34. The number of carboxylic acids is 1. The van der Waals surface area contributed by atoms with Gasteiger partial charge < -0.3 is 5.11 Å². The maximum Gasteiger partial charge on any atom is 0.320 e. The topological polar surface area (TPSA) is 83.7 Å². The zero-order chi connectivity index (χ0) is 14.7. The molecule has 1 fully saturated rings. The second-order valence-electron chi connectivity index (χ2n) is 4.81. The van der Waals surface area contributed by atoms with E-state index in [4.69, 9.17) is 16.7 Å². The van der Waals surface area contributed by atoms with Gasteiger partial charge in [0.2, 0.25) is 0 Å². The summed E-state index contributed by atoms with van der Waals surface area (Å²) in [6.45, 7) is 1.06. The molecule has 2 rings (SSSR count). The molecule has 1 aromatic carbocycles. The Bertz CT molecular complexity index is 523. The number of carbonyl (C=O) groups is 1. The second kappa shape index (κ2) is 6.19. The van der Waals surface area contributed by atoms with Crippen LogP contribution in [0.4, 0.5) is 5.69 Å². The van der Waals surface area contributed by atoms with Crippen LogP contribution in [0.25, 0.3) is 0 Å². The summed E-state index contributed by atoms with van der Waals surface area (Å²) in [5.41, 5.74) is 0.626. The molecule has 0 aliphatic carbocycles. The van der Waals surface area contributed by atoms with E-state index in [1.165, 1.54) is 12.1 Å². The van der Waals surface area contributed by atoms with E-state index in [1.54, 1.807) is 12.1 Å². The number of hydrogen-bond donors (Lipinski definition) is 1. The van der Waals surface area contributed by atoms with Crippen molar-refractivity contribution in [1.29, 1.82) is 0 Å². The molecule has 0 radical (unpaired) electrons. The predicted octanol–water partition coefficient (Wildman–Crippen LogP) is 2.42. The van der Waals surface area contributed by atoms with Crippen molar-refractivity contribution in [3.05, 3.63) is 39.9 Å². The van der Waals surface area contributed by atoms with Crippen LogP contribution in [0.3, 0.4) is 0 Å². The minimum Gasteiger partial charge on any atom is -0.480 e. The average Bonchev–Trinajstić information content (AvgIpc) is 2.87. The largest absolute Gasteiger partial charge is 0.480 e. The van der Waals surface area contributed by atoms with Crippen LogP contribution in [0.15, 0.2) is 24.3 Å². The molecule has 0 saturated carbocycles. The van der Waals surface area contributed by atoms with Crippen LogP contribution in [-0.2, 0) is 4.79 Å². The van der Waals surface area contributed by atoms with Gasteiger partial charge in [0.1, 0.15) is 6.04 Å². The highest BCUT2D eigenvalue weighted by Gasteiger charge is 2.31. The Morgan fingerprint density at radius 1 is 1.60 bits per heavy atom. The van der Waals surface area contributed by atoms with Gasteiger partial charge in [0, 0.05) is 18.7 Å². The molecular weight excluding hydrogens is 284 g/mol. The van der Waals surface area contributed by atoms with Crippen LogP contribution in [0.1, 0.15) is 23.8 Å². The van der Waals surface area contributed by atoms with Crippen molar-refractivity contribution in [2.45, 2.75) is 24.3 Å². The summed E-state index contributed by atoms with van der Waals surface area (Å²) in [6, 6.07) is 5.64. The number of rotatable bonds is 5. The van der Waals surface area contributed by atoms with Gasteiger partial charge >= 0.3 is 5.97 Å². The normalized spacial score (nSPS) is 20.8. The molecule has 2 atom stereocenters. The standard InChI is InChI=1S/C13H15ClN2O4/c14-11(8-15-6-2-5-12(15)13(17)18)9-3-1-4-10(7-9)16(19)20/h1,3-4,7,11-12H,2,5-6,8H2,(H,17,18). The van der Waals surface area contributed by atoms with Gasteiger partial charge in [-0.15, -0.1) is 11.6 Å². The summed E-state index contributed by atoms with van der Waals surface area (Å²) in [7, 11) is 0. The van der Waals surface area contributed by atoms with Crippen molar-refractivity contribution in [3.8, 4) is 0 Å². The lowest BCUT2D eigenvalue weighted by molar-refractivity contribution is -0.384. The van der Waals surface area contributed by atoms with Crippen molar-refractivity contribution >= 4 is 23.3 Å². The molecule has 1 heterocycles. The van der Waals surface area contributed by atoms with Gasteiger partial charge in [-0.3, -0.25) is 19.8 Å². The quantitative estimate of drug-likeness (QED) is 0.513. The van der Waals surface area contributed by atoms with Crippen molar-refractivity contribution in [2.75, 3.05) is 13.1 Å². The molecule has 20 heavy (non-hydrogen) atoms. The van der Waals surface area contributed by atoms with E-state index in [1.807, 2.05) is 4.90 Å². The first-order valence-corrected chi connectivity index (χ1v) is 6.78. The average molecular weight is 299 g/mol. The molecule has 0 amide bonds. The molecule has 2 unspecified atom stereocenters. The Kier molecular flexibility index (Phi) is 4.57. The molecule has 108 valence electrons. The summed E-state index contributed by atoms with van der Waals surface area (Å²) in [6.07, 6.45) is 1.45. The Morgan fingerprint density at radius 3 is 3.00 bits per heavy atom. The number of nitro benzene ring substituents is 1. The molecule has 1 aliphatic heterocycles. The minimum absolute atomic E-state index is 0.00986. The number of aliphatic carboxylic acids is 1.